The Kier molecular flexibility index (Phi) is 2.82. The average molecular weight is 293 g/mol. The van der Waals surface area contributed by atoms with Gasteiger partial charge in [-0.05, 0) is 18.2 Å². The summed E-state index contributed by atoms with van der Waals surface area (Å²) in [7, 11) is 1.66. The summed E-state index contributed by atoms with van der Waals surface area (Å²) in [5.74, 6) is 0.675. The number of nitrogen functional groups attached to an aromatic ring is 1. The number of imidazole rings is 1. The van der Waals surface area contributed by atoms with Gasteiger partial charge in [-0.1, -0.05) is 0 Å². The number of fused-ring (bicyclic) bond motifs is 1. The van der Waals surface area contributed by atoms with Crippen molar-refractivity contribution in [1.82, 2.24) is 19.5 Å². The number of halogens is 3. The molecule has 0 fully saturated rings. The van der Waals surface area contributed by atoms with E-state index in [4.69, 9.17) is 5.73 Å². The Balaban J connectivity index is 2.23. The van der Waals surface area contributed by atoms with E-state index in [1.54, 1.807) is 23.7 Å². The van der Waals surface area contributed by atoms with Crippen LogP contribution in [0.2, 0.25) is 0 Å². The van der Waals surface area contributed by atoms with Crippen molar-refractivity contribution in [3.05, 3.63) is 36.2 Å². The maximum absolute atomic E-state index is 12.7. The van der Waals surface area contributed by atoms with E-state index in [0.717, 1.165) is 12.3 Å². The Morgan fingerprint density at radius 3 is 2.67 bits per heavy atom. The molecule has 3 aromatic rings. The minimum atomic E-state index is -4.45. The van der Waals surface area contributed by atoms with Gasteiger partial charge in [-0.2, -0.15) is 13.2 Å². The standard InChI is InChI=1S/C13H10F3N5/c1-21-11(8-3-2-4-18-10(8)17)20-9-5-7(13(14,15)16)6-19-12(9)21/h2-6H,1H3,(H2,17,18). The van der Waals surface area contributed by atoms with Gasteiger partial charge >= 0.3 is 6.18 Å². The van der Waals surface area contributed by atoms with Crippen molar-refractivity contribution in [2.45, 2.75) is 6.18 Å². The first-order valence-electron chi connectivity index (χ1n) is 5.98. The number of alkyl halides is 3. The molecular formula is C13H10F3N5. The molecule has 0 saturated carbocycles. The summed E-state index contributed by atoms with van der Waals surface area (Å²) in [4.78, 5) is 12.0. The van der Waals surface area contributed by atoms with Gasteiger partial charge in [-0.15, -0.1) is 0 Å². The minimum Gasteiger partial charge on any atom is -0.383 e. The largest absolute Gasteiger partial charge is 0.417 e. The monoisotopic (exact) mass is 293 g/mol. The maximum atomic E-state index is 12.7. The van der Waals surface area contributed by atoms with Gasteiger partial charge < -0.3 is 10.3 Å². The van der Waals surface area contributed by atoms with Crippen molar-refractivity contribution in [1.29, 1.82) is 0 Å². The van der Waals surface area contributed by atoms with E-state index in [2.05, 4.69) is 15.0 Å². The highest BCUT2D eigenvalue weighted by molar-refractivity contribution is 5.80. The normalized spacial score (nSPS) is 12.0. The zero-order chi connectivity index (χ0) is 15.2. The quantitative estimate of drug-likeness (QED) is 0.748. The summed E-state index contributed by atoms with van der Waals surface area (Å²) in [5.41, 5.74) is 6.00. The van der Waals surface area contributed by atoms with Gasteiger partial charge in [-0.25, -0.2) is 15.0 Å². The first-order valence-corrected chi connectivity index (χ1v) is 5.98. The molecule has 0 aliphatic heterocycles. The van der Waals surface area contributed by atoms with Crippen LogP contribution in [0.1, 0.15) is 5.56 Å². The topological polar surface area (TPSA) is 69.6 Å². The van der Waals surface area contributed by atoms with Crippen molar-refractivity contribution < 1.29 is 13.2 Å². The number of hydrogen-bond acceptors (Lipinski definition) is 4. The number of anilines is 1. The molecule has 0 bridgehead atoms. The molecule has 2 N–H and O–H groups in total. The number of aromatic nitrogens is 4. The zero-order valence-corrected chi connectivity index (χ0v) is 10.9. The lowest BCUT2D eigenvalue weighted by atomic mass is 10.2. The number of nitrogens with zero attached hydrogens (tertiary/aromatic N) is 4. The van der Waals surface area contributed by atoms with Gasteiger partial charge in [0.15, 0.2) is 5.65 Å². The maximum Gasteiger partial charge on any atom is 0.417 e. The lowest BCUT2D eigenvalue weighted by Crippen LogP contribution is -2.05. The van der Waals surface area contributed by atoms with Crippen LogP contribution in [-0.4, -0.2) is 19.5 Å². The highest BCUT2D eigenvalue weighted by Gasteiger charge is 2.31. The van der Waals surface area contributed by atoms with Crippen LogP contribution >= 0.6 is 0 Å². The number of hydrogen-bond donors (Lipinski definition) is 1. The fourth-order valence-corrected chi connectivity index (χ4v) is 2.08. The third kappa shape index (κ3) is 2.18. The van der Waals surface area contributed by atoms with Crippen molar-refractivity contribution >= 4 is 17.0 Å². The third-order valence-corrected chi connectivity index (χ3v) is 3.12. The Morgan fingerprint density at radius 1 is 1.24 bits per heavy atom. The van der Waals surface area contributed by atoms with Crippen molar-refractivity contribution in [3.8, 4) is 11.4 Å². The van der Waals surface area contributed by atoms with E-state index in [1.807, 2.05) is 0 Å². The van der Waals surface area contributed by atoms with Crippen molar-refractivity contribution in [3.63, 3.8) is 0 Å². The molecule has 0 amide bonds. The Bertz CT molecular complexity index is 822. The summed E-state index contributed by atoms with van der Waals surface area (Å²) in [6, 6.07) is 4.35. The van der Waals surface area contributed by atoms with Crippen LogP contribution in [0, 0.1) is 0 Å². The van der Waals surface area contributed by atoms with Crippen LogP contribution in [0.5, 0.6) is 0 Å². The van der Waals surface area contributed by atoms with E-state index in [1.165, 1.54) is 6.20 Å². The highest BCUT2D eigenvalue weighted by Crippen LogP contribution is 2.32. The molecule has 8 heteroatoms. The summed E-state index contributed by atoms with van der Waals surface area (Å²) in [6.07, 6.45) is -2.13. The molecule has 0 aromatic carbocycles. The van der Waals surface area contributed by atoms with Gasteiger partial charge in [0.05, 0.1) is 11.1 Å². The minimum absolute atomic E-state index is 0.158. The molecule has 0 radical (unpaired) electrons. The molecule has 0 saturated heterocycles. The fraction of sp³-hybridized carbons (Fsp3) is 0.154. The molecule has 0 aliphatic rings. The first-order chi connectivity index (χ1) is 9.88. The van der Waals surface area contributed by atoms with E-state index < -0.39 is 11.7 Å². The lowest BCUT2D eigenvalue weighted by Gasteiger charge is -2.05. The molecule has 0 atom stereocenters. The molecular weight excluding hydrogens is 283 g/mol. The Hall–Kier alpha value is -2.64. The van der Waals surface area contributed by atoms with Gasteiger partial charge in [0, 0.05) is 19.4 Å². The second-order valence-electron chi connectivity index (χ2n) is 4.50. The lowest BCUT2D eigenvalue weighted by molar-refractivity contribution is -0.137. The molecule has 3 heterocycles. The summed E-state index contributed by atoms with van der Waals surface area (Å²) in [5, 5.41) is 0. The van der Waals surface area contributed by atoms with Gasteiger partial charge in [0.25, 0.3) is 0 Å². The van der Waals surface area contributed by atoms with Crippen molar-refractivity contribution in [2.24, 2.45) is 7.05 Å². The molecule has 21 heavy (non-hydrogen) atoms. The van der Waals surface area contributed by atoms with Crippen LogP contribution in [0.4, 0.5) is 19.0 Å². The van der Waals surface area contributed by atoms with Gasteiger partial charge in [0.1, 0.15) is 17.2 Å². The van der Waals surface area contributed by atoms with Crippen LogP contribution < -0.4 is 5.73 Å². The van der Waals surface area contributed by atoms with E-state index >= 15 is 0 Å². The third-order valence-electron chi connectivity index (χ3n) is 3.12. The van der Waals surface area contributed by atoms with Crippen LogP contribution in [-0.2, 0) is 13.2 Å². The predicted molar refractivity (Wildman–Crippen MR) is 71.2 cm³/mol. The zero-order valence-electron chi connectivity index (χ0n) is 10.9. The number of nitrogens with two attached hydrogens (primary N) is 1. The number of pyridine rings is 2. The van der Waals surface area contributed by atoms with E-state index in [9.17, 15) is 13.2 Å². The van der Waals surface area contributed by atoms with Gasteiger partial charge in [0.2, 0.25) is 0 Å². The van der Waals surface area contributed by atoms with Crippen molar-refractivity contribution in [2.75, 3.05) is 5.73 Å². The van der Waals surface area contributed by atoms with Crippen LogP contribution in [0.15, 0.2) is 30.6 Å². The number of aryl methyl sites for hydroxylation is 1. The molecule has 0 unspecified atom stereocenters. The molecule has 108 valence electrons. The summed E-state index contributed by atoms with van der Waals surface area (Å²) >= 11 is 0. The average Bonchev–Trinajstić information content (AvgIpc) is 2.75. The smallest absolute Gasteiger partial charge is 0.383 e. The first kappa shape index (κ1) is 13.3. The Morgan fingerprint density at radius 2 is 2.00 bits per heavy atom. The van der Waals surface area contributed by atoms with Crippen LogP contribution in [0.25, 0.3) is 22.6 Å². The molecule has 0 spiro atoms. The van der Waals surface area contributed by atoms with E-state index in [0.29, 0.717) is 17.0 Å². The number of rotatable bonds is 1. The highest BCUT2D eigenvalue weighted by atomic mass is 19.4. The SMILES string of the molecule is Cn1c(-c2cccnc2N)nc2cc(C(F)(F)F)cnc21. The predicted octanol–water partition coefficient (Wildman–Crippen LogP) is 2.63. The summed E-state index contributed by atoms with van der Waals surface area (Å²) in [6.45, 7) is 0. The second kappa shape index (κ2) is 4.44. The second-order valence-corrected chi connectivity index (χ2v) is 4.50. The van der Waals surface area contributed by atoms with Crippen LogP contribution in [0.3, 0.4) is 0 Å². The Labute approximate surface area is 117 Å². The molecule has 5 nitrogen and oxygen atoms in total. The summed E-state index contributed by atoms with van der Waals surface area (Å²) < 4.78 is 39.7. The molecule has 0 aliphatic carbocycles. The van der Waals surface area contributed by atoms with Gasteiger partial charge in [-0.3, -0.25) is 0 Å². The molecule has 3 rings (SSSR count). The molecule has 3 aromatic heterocycles. The fourth-order valence-electron chi connectivity index (χ4n) is 2.08. The van der Waals surface area contributed by atoms with E-state index in [-0.39, 0.29) is 11.3 Å².